The van der Waals surface area contributed by atoms with Gasteiger partial charge in [-0.2, -0.15) is 0 Å². The molecule has 1 aromatic carbocycles. The van der Waals surface area contributed by atoms with Crippen LogP contribution in [0.1, 0.15) is 55.8 Å². The zero-order valence-corrected chi connectivity index (χ0v) is 16.4. The zero-order chi connectivity index (χ0) is 20.8. The highest BCUT2D eigenvalue weighted by Gasteiger charge is 2.54. The summed E-state index contributed by atoms with van der Waals surface area (Å²) in [5.41, 5.74) is -0.452. The first kappa shape index (κ1) is 20.0. The first-order chi connectivity index (χ1) is 13.8. The van der Waals surface area contributed by atoms with Crippen LogP contribution in [0.4, 0.5) is 8.78 Å². The van der Waals surface area contributed by atoms with Crippen molar-refractivity contribution in [2.24, 2.45) is 23.2 Å². The van der Waals surface area contributed by atoms with E-state index in [1.165, 1.54) is 26.2 Å². The number of benzene rings is 1. The molecule has 156 valence electrons. The minimum absolute atomic E-state index is 0.0815. The first-order valence-electron chi connectivity index (χ1n) is 10.2. The van der Waals surface area contributed by atoms with Crippen molar-refractivity contribution in [2.45, 2.75) is 51.5 Å². The van der Waals surface area contributed by atoms with Crippen LogP contribution in [0.5, 0.6) is 0 Å². The molecule has 0 spiro atoms. The highest BCUT2D eigenvalue weighted by molar-refractivity contribution is 5.98. The summed E-state index contributed by atoms with van der Waals surface area (Å²) in [6.07, 6.45) is 6.33. The fraction of sp³-hybridized carbons (Fsp3) is 0.591. The minimum Gasteiger partial charge on any atom is -0.456 e. The van der Waals surface area contributed by atoms with Crippen LogP contribution >= 0.6 is 0 Å². The molecule has 0 unspecified atom stereocenters. The van der Waals surface area contributed by atoms with Gasteiger partial charge >= 0.3 is 5.97 Å². The van der Waals surface area contributed by atoms with Crippen LogP contribution in [0, 0.1) is 34.8 Å². The molecule has 0 radical (unpaired) electrons. The maximum absolute atomic E-state index is 13.2. The molecule has 4 saturated carbocycles. The molecule has 0 aliphatic heterocycles. The van der Waals surface area contributed by atoms with Crippen molar-refractivity contribution in [2.75, 3.05) is 6.61 Å². The molecular weight excluding hydrogens is 380 g/mol. The Hall–Kier alpha value is -2.31. The molecule has 5 rings (SSSR count). The fourth-order valence-corrected chi connectivity index (χ4v) is 5.81. The molecule has 1 aromatic rings. The molecule has 5 nitrogen and oxygen atoms in total. The lowest BCUT2D eigenvalue weighted by Gasteiger charge is -2.55. The Balaban J connectivity index is 1.31. The summed E-state index contributed by atoms with van der Waals surface area (Å²) in [5, 5.41) is 2.78. The second-order valence-electron chi connectivity index (χ2n) is 9.05. The molecule has 4 aliphatic carbocycles. The van der Waals surface area contributed by atoms with Crippen LogP contribution in [0.2, 0.25) is 0 Å². The third-order valence-corrected chi connectivity index (χ3v) is 6.81. The third kappa shape index (κ3) is 3.91. The van der Waals surface area contributed by atoms with Gasteiger partial charge in [-0.1, -0.05) is 0 Å². The normalized spacial score (nSPS) is 30.7. The second-order valence-corrected chi connectivity index (χ2v) is 9.05. The smallest absolute Gasteiger partial charge is 0.328 e. The van der Waals surface area contributed by atoms with E-state index in [1.54, 1.807) is 0 Å². The molecule has 7 heteroatoms. The Morgan fingerprint density at radius 1 is 1.07 bits per heavy atom. The number of nitrogens with one attached hydrogen (secondary N) is 1. The van der Waals surface area contributed by atoms with Crippen molar-refractivity contribution in [3.05, 3.63) is 35.4 Å². The minimum atomic E-state index is -1.14. The number of Topliss-reactive ketones (excluding diaryl/α,β-unsaturated/α-hetero) is 1. The lowest BCUT2D eigenvalue weighted by Crippen LogP contribution is -2.56. The van der Waals surface area contributed by atoms with Gasteiger partial charge in [-0.15, -0.1) is 0 Å². The summed E-state index contributed by atoms with van der Waals surface area (Å²) >= 11 is 0. The maximum Gasteiger partial charge on any atom is 0.328 e. The SMILES string of the molecule is C[C@H](NC(=O)C12CC3CC(CC(C3)C1)C2)C(=O)OCC(=O)c1ccc(F)c(F)c1. The van der Waals surface area contributed by atoms with Crippen molar-refractivity contribution in [1.29, 1.82) is 0 Å². The molecule has 0 aromatic heterocycles. The molecule has 0 heterocycles. The Morgan fingerprint density at radius 2 is 1.66 bits per heavy atom. The van der Waals surface area contributed by atoms with Gasteiger partial charge in [-0.05, 0) is 81.4 Å². The van der Waals surface area contributed by atoms with Gasteiger partial charge in [0.15, 0.2) is 24.0 Å². The van der Waals surface area contributed by atoms with Crippen molar-refractivity contribution < 1.29 is 27.9 Å². The van der Waals surface area contributed by atoms with Gasteiger partial charge in [0, 0.05) is 11.0 Å². The first-order valence-corrected chi connectivity index (χ1v) is 10.2. The number of esters is 1. The molecule has 29 heavy (non-hydrogen) atoms. The van der Waals surface area contributed by atoms with Crippen LogP contribution in [0.15, 0.2) is 18.2 Å². The van der Waals surface area contributed by atoms with Gasteiger partial charge in [-0.3, -0.25) is 9.59 Å². The van der Waals surface area contributed by atoms with E-state index in [-0.39, 0.29) is 16.9 Å². The largest absolute Gasteiger partial charge is 0.456 e. The number of amides is 1. The lowest BCUT2D eigenvalue weighted by atomic mass is 9.49. The van der Waals surface area contributed by atoms with E-state index < -0.39 is 36.0 Å². The van der Waals surface area contributed by atoms with E-state index in [2.05, 4.69) is 5.32 Å². The summed E-state index contributed by atoms with van der Waals surface area (Å²) < 4.78 is 31.2. The Morgan fingerprint density at radius 3 is 2.21 bits per heavy atom. The van der Waals surface area contributed by atoms with Crippen LogP contribution < -0.4 is 5.32 Å². The molecule has 4 aliphatic rings. The number of carbonyl (C=O) groups is 3. The Bertz CT molecular complexity index is 818. The van der Waals surface area contributed by atoms with Gasteiger partial charge < -0.3 is 10.1 Å². The quantitative estimate of drug-likeness (QED) is 0.582. The van der Waals surface area contributed by atoms with Crippen LogP contribution in [0.25, 0.3) is 0 Å². The van der Waals surface area contributed by atoms with E-state index in [0.717, 1.165) is 37.5 Å². The number of hydrogen-bond acceptors (Lipinski definition) is 4. The van der Waals surface area contributed by atoms with E-state index in [1.807, 2.05) is 0 Å². The molecule has 1 amide bonds. The Labute approximate surface area is 168 Å². The van der Waals surface area contributed by atoms with Crippen molar-refractivity contribution in [1.82, 2.24) is 5.32 Å². The highest BCUT2D eigenvalue weighted by atomic mass is 19.2. The van der Waals surface area contributed by atoms with Gasteiger partial charge in [-0.25, -0.2) is 13.6 Å². The number of rotatable bonds is 6. The fourth-order valence-electron chi connectivity index (χ4n) is 5.81. The number of ether oxygens (including phenoxy) is 1. The van der Waals surface area contributed by atoms with Crippen molar-refractivity contribution >= 4 is 17.7 Å². The van der Waals surface area contributed by atoms with E-state index in [4.69, 9.17) is 4.74 Å². The molecule has 4 fully saturated rings. The van der Waals surface area contributed by atoms with Gasteiger partial charge in [0.2, 0.25) is 5.91 Å². The summed E-state index contributed by atoms with van der Waals surface area (Å²) in [6, 6.07) is 1.86. The molecule has 1 atom stereocenters. The van der Waals surface area contributed by atoms with E-state index in [0.29, 0.717) is 17.8 Å². The standard InChI is InChI=1S/C22H25F2NO4/c1-12(20(27)29-11-19(26)16-2-3-17(23)18(24)7-16)25-21(28)22-8-13-4-14(9-22)6-15(5-13)10-22/h2-3,7,12-15H,4-6,8-11H2,1H3,(H,25,28)/t12-,13?,14?,15?,22?/m0/s1. The van der Waals surface area contributed by atoms with Crippen LogP contribution in [-0.2, 0) is 14.3 Å². The summed E-state index contributed by atoms with van der Waals surface area (Å²) in [5.74, 6) is -1.81. The number of hydrogen-bond donors (Lipinski definition) is 1. The highest BCUT2D eigenvalue weighted by Crippen LogP contribution is 2.60. The second kappa shape index (κ2) is 7.50. The molecule has 1 N–H and O–H groups in total. The van der Waals surface area contributed by atoms with Gasteiger partial charge in [0.25, 0.3) is 0 Å². The van der Waals surface area contributed by atoms with E-state index in [9.17, 15) is 23.2 Å². The summed E-state index contributed by atoms with van der Waals surface area (Å²) in [7, 11) is 0. The zero-order valence-electron chi connectivity index (χ0n) is 16.4. The molecule has 0 saturated heterocycles. The monoisotopic (exact) mass is 405 g/mol. The van der Waals surface area contributed by atoms with Gasteiger partial charge in [0.1, 0.15) is 6.04 Å². The molecule has 4 bridgehead atoms. The maximum atomic E-state index is 13.2. The van der Waals surface area contributed by atoms with Crippen molar-refractivity contribution in [3.8, 4) is 0 Å². The summed E-state index contributed by atoms with van der Waals surface area (Å²) in [4.78, 5) is 37.2. The Kier molecular flexibility index (Phi) is 5.17. The van der Waals surface area contributed by atoms with Crippen molar-refractivity contribution in [3.63, 3.8) is 0 Å². The van der Waals surface area contributed by atoms with Gasteiger partial charge in [0.05, 0.1) is 0 Å². The van der Waals surface area contributed by atoms with E-state index >= 15 is 0 Å². The predicted molar refractivity (Wildman–Crippen MR) is 99.9 cm³/mol. The van der Waals surface area contributed by atoms with Crippen LogP contribution in [0.3, 0.4) is 0 Å². The lowest BCUT2D eigenvalue weighted by molar-refractivity contribution is -0.153. The predicted octanol–water partition coefficient (Wildman–Crippen LogP) is 3.41. The average molecular weight is 405 g/mol. The average Bonchev–Trinajstić information content (AvgIpc) is 2.66. The third-order valence-electron chi connectivity index (χ3n) is 6.81. The topological polar surface area (TPSA) is 72.5 Å². The summed E-state index contributed by atoms with van der Waals surface area (Å²) in [6.45, 7) is 0.935. The number of halogens is 2. The number of carbonyl (C=O) groups excluding carboxylic acids is 3. The molecular formula is C22H25F2NO4. The number of ketones is 1. The van der Waals surface area contributed by atoms with Crippen LogP contribution in [-0.4, -0.2) is 30.3 Å².